The second-order valence-corrected chi connectivity index (χ2v) is 5.19. The smallest absolute Gasteiger partial charge is 0.245 e. The zero-order valence-corrected chi connectivity index (χ0v) is 13.6. The maximum Gasteiger partial charge on any atom is 0.245 e. The van der Waals surface area contributed by atoms with Gasteiger partial charge in [-0.1, -0.05) is 0 Å². The van der Waals surface area contributed by atoms with Crippen LogP contribution in [0.15, 0.2) is 16.5 Å². The molecule has 1 heterocycles. The van der Waals surface area contributed by atoms with Gasteiger partial charge in [-0.15, -0.1) is 0 Å². The van der Waals surface area contributed by atoms with Crippen LogP contribution in [-0.2, 0) is 20.9 Å². The van der Waals surface area contributed by atoms with E-state index in [0.717, 1.165) is 0 Å². The number of ether oxygens (including phenoxy) is 2. The zero-order chi connectivity index (χ0) is 17.2. The zero-order valence-electron chi connectivity index (χ0n) is 13.6. The number of rotatable bonds is 10. The van der Waals surface area contributed by atoms with Crippen molar-refractivity contribution < 1.29 is 23.5 Å². The van der Waals surface area contributed by atoms with Gasteiger partial charge in [0.2, 0.25) is 11.7 Å². The van der Waals surface area contributed by atoms with Gasteiger partial charge < -0.3 is 19.2 Å². The maximum atomic E-state index is 12.2. The third-order valence-electron chi connectivity index (χ3n) is 2.92. The Morgan fingerprint density at radius 3 is 2.74 bits per heavy atom. The third-order valence-corrected chi connectivity index (χ3v) is 2.92. The Kier molecular flexibility index (Phi) is 8.02. The van der Waals surface area contributed by atoms with E-state index in [1.54, 1.807) is 12.1 Å². The molecule has 0 spiro atoms. The molecule has 1 aromatic rings. The van der Waals surface area contributed by atoms with Crippen LogP contribution >= 0.6 is 0 Å². The normalized spacial score (nSPS) is 12.0. The van der Waals surface area contributed by atoms with E-state index in [2.05, 4.69) is 5.32 Å². The number of carbonyl (C=O) groups is 2. The summed E-state index contributed by atoms with van der Waals surface area (Å²) in [6.45, 7) is 4.90. The fourth-order valence-corrected chi connectivity index (χ4v) is 1.81. The summed E-state index contributed by atoms with van der Waals surface area (Å²) in [4.78, 5) is 24.1. The van der Waals surface area contributed by atoms with Gasteiger partial charge in [0.25, 0.3) is 0 Å². The summed E-state index contributed by atoms with van der Waals surface area (Å²) in [5.41, 5.74) is 0. The highest BCUT2D eigenvalue weighted by atomic mass is 16.5. The Balaban J connectivity index is 2.52. The number of amides is 1. The van der Waals surface area contributed by atoms with E-state index in [1.165, 1.54) is 13.2 Å². The quantitative estimate of drug-likeness (QED) is 0.399. The van der Waals surface area contributed by atoms with Crippen LogP contribution in [0.1, 0.15) is 36.6 Å². The van der Waals surface area contributed by atoms with Gasteiger partial charge in [-0.05, 0) is 32.4 Å². The van der Waals surface area contributed by atoms with Crippen molar-refractivity contribution in [1.29, 1.82) is 5.26 Å². The molecular formula is C16H22N2O5. The van der Waals surface area contributed by atoms with Crippen LogP contribution in [0.4, 0.5) is 0 Å². The molecule has 7 heteroatoms. The monoisotopic (exact) mass is 322 g/mol. The van der Waals surface area contributed by atoms with Crippen molar-refractivity contribution >= 4 is 11.7 Å². The Morgan fingerprint density at radius 1 is 1.39 bits per heavy atom. The highest BCUT2D eigenvalue weighted by Crippen LogP contribution is 2.14. The average Bonchev–Trinajstić information content (AvgIpc) is 2.96. The Morgan fingerprint density at radius 2 is 2.13 bits per heavy atom. The molecule has 0 saturated carbocycles. The fraction of sp³-hybridized carbons (Fsp3) is 0.562. The molecule has 1 amide bonds. The van der Waals surface area contributed by atoms with E-state index in [0.29, 0.717) is 25.3 Å². The van der Waals surface area contributed by atoms with Crippen molar-refractivity contribution in [2.75, 3.05) is 20.3 Å². The van der Waals surface area contributed by atoms with Crippen LogP contribution in [-0.4, -0.2) is 38.1 Å². The molecule has 1 N–H and O–H groups in total. The van der Waals surface area contributed by atoms with Crippen molar-refractivity contribution in [2.45, 2.75) is 33.0 Å². The molecule has 0 fully saturated rings. The number of hydrogen-bond donors (Lipinski definition) is 1. The third kappa shape index (κ3) is 6.22. The molecule has 0 saturated heterocycles. The van der Waals surface area contributed by atoms with E-state index < -0.39 is 17.6 Å². The number of nitrogens with one attached hydrogen (secondary N) is 1. The first kappa shape index (κ1) is 18.9. The first-order valence-corrected chi connectivity index (χ1v) is 7.40. The number of carbonyl (C=O) groups excluding carboxylic acids is 2. The molecule has 0 aliphatic carbocycles. The maximum absolute atomic E-state index is 12.2. The predicted molar refractivity (Wildman–Crippen MR) is 81.6 cm³/mol. The number of ketones is 1. The van der Waals surface area contributed by atoms with Gasteiger partial charge in [-0.2, -0.15) is 5.26 Å². The van der Waals surface area contributed by atoms with Crippen LogP contribution < -0.4 is 5.32 Å². The second kappa shape index (κ2) is 9.77. The summed E-state index contributed by atoms with van der Waals surface area (Å²) >= 11 is 0. The van der Waals surface area contributed by atoms with E-state index in [1.807, 2.05) is 13.8 Å². The SMILES string of the molecule is COCc1ccc(C(=O)C(C#N)C(=O)NCCCOC(C)C)o1. The minimum absolute atomic E-state index is 0.0260. The average molecular weight is 322 g/mol. The number of furan rings is 1. The summed E-state index contributed by atoms with van der Waals surface area (Å²) in [5.74, 6) is -2.29. The van der Waals surface area contributed by atoms with Crippen molar-refractivity contribution in [3.8, 4) is 6.07 Å². The highest BCUT2D eigenvalue weighted by molar-refractivity contribution is 6.10. The number of Topliss-reactive ketones (excluding diaryl/α,β-unsaturated/α-hetero) is 1. The van der Waals surface area contributed by atoms with Crippen LogP contribution in [0.3, 0.4) is 0 Å². The Labute approximate surface area is 135 Å². The highest BCUT2D eigenvalue weighted by Gasteiger charge is 2.29. The fourth-order valence-electron chi connectivity index (χ4n) is 1.81. The van der Waals surface area contributed by atoms with Crippen molar-refractivity contribution in [3.05, 3.63) is 23.7 Å². The number of nitriles is 1. The molecule has 0 aliphatic rings. The summed E-state index contributed by atoms with van der Waals surface area (Å²) in [7, 11) is 1.50. The van der Waals surface area contributed by atoms with Gasteiger partial charge in [0, 0.05) is 20.3 Å². The first-order valence-electron chi connectivity index (χ1n) is 7.40. The van der Waals surface area contributed by atoms with Crippen LogP contribution in [0.5, 0.6) is 0 Å². The summed E-state index contributed by atoms with van der Waals surface area (Å²) < 4.78 is 15.5. The molecule has 7 nitrogen and oxygen atoms in total. The number of hydrogen-bond acceptors (Lipinski definition) is 6. The molecule has 23 heavy (non-hydrogen) atoms. The lowest BCUT2D eigenvalue weighted by atomic mass is 10.0. The summed E-state index contributed by atoms with van der Waals surface area (Å²) in [6, 6.07) is 4.73. The van der Waals surface area contributed by atoms with Gasteiger partial charge in [-0.3, -0.25) is 9.59 Å². The second-order valence-electron chi connectivity index (χ2n) is 5.19. The molecule has 0 aliphatic heterocycles. The summed E-state index contributed by atoms with van der Waals surface area (Å²) in [6.07, 6.45) is 0.731. The van der Waals surface area contributed by atoms with Gasteiger partial charge in [0.05, 0.1) is 12.2 Å². The lowest BCUT2D eigenvalue weighted by Crippen LogP contribution is -2.35. The van der Waals surface area contributed by atoms with Crippen molar-refractivity contribution in [2.24, 2.45) is 5.92 Å². The van der Waals surface area contributed by atoms with Crippen molar-refractivity contribution in [3.63, 3.8) is 0 Å². The van der Waals surface area contributed by atoms with E-state index >= 15 is 0 Å². The Hall–Kier alpha value is -2.17. The van der Waals surface area contributed by atoms with E-state index in [4.69, 9.17) is 19.2 Å². The van der Waals surface area contributed by atoms with Gasteiger partial charge in [0.15, 0.2) is 11.7 Å². The van der Waals surface area contributed by atoms with Crippen LogP contribution in [0.25, 0.3) is 0 Å². The number of methoxy groups -OCH3 is 1. The topological polar surface area (TPSA) is 102 Å². The van der Waals surface area contributed by atoms with Crippen molar-refractivity contribution in [1.82, 2.24) is 5.32 Å². The molecule has 0 bridgehead atoms. The molecule has 1 atom stereocenters. The van der Waals surface area contributed by atoms with E-state index in [9.17, 15) is 9.59 Å². The summed E-state index contributed by atoms with van der Waals surface area (Å²) in [5, 5.41) is 11.7. The molecule has 126 valence electrons. The largest absolute Gasteiger partial charge is 0.455 e. The molecule has 1 aromatic heterocycles. The van der Waals surface area contributed by atoms with Gasteiger partial charge in [-0.25, -0.2) is 0 Å². The van der Waals surface area contributed by atoms with E-state index in [-0.39, 0.29) is 18.5 Å². The lowest BCUT2D eigenvalue weighted by Gasteiger charge is -2.10. The molecule has 1 rings (SSSR count). The molecule has 0 radical (unpaired) electrons. The number of nitrogens with zero attached hydrogens (tertiary/aromatic N) is 1. The van der Waals surface area contributed by atoms with Crippen LogP contribution in [0, 0.1) is 17.2 Å². The van der Waals surface area contributed by atoms with Gasteiger partial charge in [0.1, 0.15) is 12.4 Å². The molecule has 1 unspecified atom stereocenters. The predicted octanol–water partition coefficient (Wildman–Crippen LogP) is 1.68. The minimum Gasteiger partial charge on any atom is -0.455 e. The van der Waals surface area contributed by atoms with Crippen LogP contribution in [0.2, 0.25) is 0 Å². The van der Waals surface area contributed by atoms with Gasteiger partial charge >= 0.3 is 0 Å². The Bertz CT molecular complexity index is 559. The standard InChI is InChI=1S/C16H22N2O5/c1-11(2)22-8-4-7-18-16(20)13(9-17)15(19)14-6-5-12(23-14)10-21-3/h5-6,11,13H,4,7-8,10H2,1-3H3,(H,18,20). The first-order chi connectivity index (χ1) is 11.0. The molecular weight excluding hydrogens is 300 g/mol. The lowest BCUT2D eigenvalue weighted by molar-refractivity contribution is -0.122. The minimum atomic E-state index is -1.43. The molecule has 0 aromatic carbocycles.